The highest BCUT2D eigenvalue weighted by Crippen LogP contribution is 2.36. The van der Waals surface area contributed by atoms with Gasteiger partial charge in [0.15, 0.2) is 31.4 Å². The minimum Gasteiger partial charge on any atom is -0.394 e. The highest BCUT2D eigenvalue weighted by Gasteiger charge is 2.57. The van der Waals surface area contributed by atoms with Crippen LogP contribution in [0.15, 0.2) is 30.8 Å². The van der Waals surface area contributed by atoms with Crippen LogP contribution in [-0.4, -0.2) is 286 Å². The first kappa shape index (κ1) is 58.7. The molecule has 25 atom stereocenters. The van der Waals surface area contributed by atoms with Crippen molar-refractivity contribution in [3.05, 3.63) is 42.0 Å². The number of carbonyl (C=O) groups excluding carboxylic acids is 1. The summed E-state index contributed by atoms with van der Waals surface area (Å²) < 4.78 is 50.9. The van der Waals surface area contributed by atoms with Crippen molar-refractivity contribution in [3.8, 4) is 0 Å². The highest BCUT2D eigenvalue weighted by molar-refractivity contribution is 5.73. The molecule has 72 heavy (non-hydrogen) atoms. The van der Waals surface area contributed by atoms with Gasteiger partial charge in [0, 0.05) is 13.5 Å². The van der Waals surface area contributed by atoms with Crippen molar-refractivity contribution in [3.63, 3.8) is 0 Å². The smallest absolute Gasteiger partial charge is 0.221 e. The topological polar surface area (TPSA) is 427 Å². The molecule has 5 aliphatic rings. The summed E-state index contributed by atoms with van der Waals surface area (Å²) in [4.78, 5) is 14.0. The van der Waals surface area contributed by atoms with E-state index >= 15 is 0 Å². The summed E-state index contributed by atoms with van der Waals surface area (Å²) in [6.07, 6.45) is -41.1. The third kappa shape index (κ3) is 13.0. The van der Waals surface area contributed by atoms with Crippen LogP contribution in [0.2, 0.25) is 0 Å². The monoisotopic (exact) mass is 1040 g/mol. The van der Waals surface area contributed by atoms with E-state index in [2.05, 4.69) is 6.58 Å². The number of hydrogen-bond acceptors (Lipinski definition) is 26. The van der Waals surface area contributed by atoms with Crippen molar-refractivity contribution >= 4 is 12.0 Å². The van der Waals surface area contributed by atoms with E-state index in [4.69, 9.17) is 42.6 Å². The van der Waals surface area contributed by atoms with E-state index in [0.29, 0.717) is 12.8 Å². The number of amides is 1. The Kier molecular flexibility index (Phi) is 21.6. The van der Waals surface area contributed by atoms with E-state index in [9.17, 15) is 86.5 Å². The van der Waals surface area contributed by atoms with Gasteiger partial charge in [0.25, 0.3) is 0 Å². The fraction of sp³-hybridized carbons (Fsp3) is 0.800. The van der Waals surface area contributed by atoms with Crippen molar-refractivity contribution in [1.82, 2.24) is 4.90 Å². The minimum atomic E-state index is -2.14. The molecule has 27 heteroatoms. The van der Waals surface area contributed by atoms with Crippen LogP contribution in [0.3, 0.4) is 0 Å². The van der Waals surface area contributed by atoms with Crippen LogP contribution in [0, 0.1) is 0 Å². The molecular weight excluding hydrogens is 970 g/mol. The molecule has 5 fully saturated rings. The molecular formula is C45H71NO26. The van der Waals surface area contributed by atoms with E-state index in [0.717, 1.165) is 24.0 Å². The van der Waals surface area contributed by atoms with E-state index < -0.39 is 192 Å². The van der Waals surface area contributed by atoms with Crippen LogP contribution in [0.4, 0.5) is 0 Å². The molecule has 412 valence electrons. The molecule has 0 aromatic heterocycles. The van der Waals surface area contributed by atoms with Crippen molar-refractivity contribution in [2.45, 2.75) is 186 Å². The second-order valence-corrected chi connectivity index (χ2v) is 18.4. The first-order valence-electron chi connectivity index (χ1n) is 23.7. The fourth-order valence-corrected chi connectivity index (χ4v) is 9.36. The van der Waals surface area contributed by atoms with Crippen LogP contribution < -0.4 is 0 Å². The van der Waals surface area contributed by atoms with Gasteiger partial charge in [-0.05, 0) is 30.4 Å². The normalized spacial score (nSPS) is 43.8. The molecule has 0 spiro atoms. The fourth-order valence-electron chi connectivity index (χ4n) is 9.36. The Hall–Kier alpha value is -2.57. The number of rotatable bonds is 21. The van der Waals surface area contributed by atoms with Gasteiger partial charge in [-0.25, -0.2) is 0 Å². The second-order valence-electron chi connectivity index (χ2n) is 18.4. The highest BCUT2D eigenvalue weighted by atomic mass is 16.8. The largest absolute Gasteiger partial charge is 0.394 e. The Bertz CT molecular complexity index is 1810. The van der Waals surface area contributed by atoms with Gasteiger partial charge in [-0.3, -0.25) is 4.79 Å². The van der Waals surface area contributed by atoms with Crippen LogP contribution >= 0.6 is 0 Å². The van der Waals surface area contributed by atoms with Gasteiger partial charge >= 0.3 is 0 Å². The molecule has 27 nitrogen and oxygen atoms in total. The van der Waals surface area contributed by atoms with Crippen LogP contribution in [0.1, 0.15) is 37.3 Å². The Morgan fingerprint density at radius 1 is 0.486 bits per heavy atom. The maximum absolute atomic E-state index is 12.8. The van der Waals surface area contributed by atoms with Gasteiger partial charge in [0.1, 0.15) is 122 Å². The molecule has 16 N–H and O–H groups in total. The molecule has 1 aromatic carbocycles. The van der Waals surface area contributed by atoms with Gasteiger partial charge in [0.2, 0.25) is 5.91 Å². The number of hydrogen-bond donors (Lipinski definition) is 16. The third-order valence-electron chi connectivity index (χ3n) is 13.6. The molecule has 0 bridgehead atoms. The zero-order chi connectivity index (χ0) is 52.7. The van der Waals surface area contributed by atoms with Crippen molar-refractivity contribution < 1.29 is 129 Å². The lowest BCUT2D eigenvalue weighted by Crippen LogP contribution is -2.68. The lowest BCUT2D eigenvalue weighted by Gasteiger charge is -2.50. The van der Waals surface area contributed by atoms with E-state index in [1.165, 1.54) is 11.8 Å². The number of aliphatic hydroxyl groups excluding tert-OH is 16. The average Bonchev–Trinajstić information content (AvgIpc) is 3.38. The van der Waals surface area contributed by atoms with Gasteiger partial charge in [-0.2, -0.15) is 0 Å². The molecule has 0 unspecified atom stereocenters. The number of aliphatic hydroxyl groups is 16. The minimum absolute atomic E-state index is 0.130. The summed E-state index contributed by atoms with van der Waals surface area (Å²) in [6, 6.07) is 7.92. The summed E-state index contributed by atoms with van der Waals surface area (Å²) in [5.41, 5.74) is 2.12. The van der Waals surface area contributed by atoms with Gasteiger partial charge < -0.3 is 129 Å². The van der Waals surface area contributed by atoms with Crippen molar-refractivity contribution in [1.29, 1.82) is 0 Å². The van der Waals surface area contributed by atoms with Gasteiger partial charge in [-0.15, -0.1) is 0 Å². The van der Waals surface area contributed by atoms with Crippen LogP contribution in [-0.2, 0) is 53.8 Å². The molecule has 1 amide bonds. The third-order valence-corrected chi connectivity index (χ3v) is 13.6. The molecule has 0 radical (unpaired) electrons. The van der Waals surface area contributed by atoms with Crippen molar-refractivity contribution in [2.24, 2.45) is 0 Å². The van der Waals surface area contributed by atoms with Crippen molar-refractivity contribution in [2.75, 3.05) is 39.6 Å². The van der Waals surface area contributed by atoms with Gasteiger partial charge in [0.05, 0.1) is 33.0 Å². The summed E-state index contributed by atoms with van der Waals surface area (Å²) in [5, 5.41) is 171. The summed E-state index contributed by atoms with van der Waals surface area (Å²) in [5.74, 6) is -0.492. The maximum atomic E-state index is 12.8. The predicted molar refractivity (Wildman–Crippen MR) is 236 cm³/mol. The molecule has 5 aliphatic heterocycles. The number of aryl methyl sites for hydroxylation is 1. The summed E-state index contributed by atoms with van der Waals surface area (Å²) in [7, 11) is 0. The maximum Gasteiger partial charge on any atom is 0.221 e. The Morgan fingerprint density at radius 3 is 1.22 bits per heavy atom. The molecule has 0 saturated carbocycles. The molecule has 6 rings (SSSR count). The zero-order valence-electron chi connectivity index (χ0n) is 39.3. The first-order chi connectivity index (χ1) is 34.3. The predicted octanol–water partition coefficient (Wildman–Crippen LogP) is -8.01. The number of unbranched alkanes of at least 4 members (excludes halogenated alkanes) is 2. The summed E-state index contributed by atoms with van der Waals surface area (Å²) in [6.45, 7) is 0.590. The lowest BCUT2D eigenvalue weighted by atomic mass is 9.95. The standard InChI is InChI=1S/C45H71NO26/c1-3-19-8-10-20(11-9-19)7-5-4-6-12-46(18(2)52)41-32(59)28(55)37(22(14-48)64-41)69-43-34(61)30(57)39(24(16-50)66-43)71-45-36(63)31(58)40(25(17-51)68-45)72-44-35(62)29(56)38(23(15-49)67-44)70-42-33(60)27(54)26(53)21(13-47)65-42/h3,8-11,21-45,47-51,53-63H,1,4-7,12-17H2,2H3/t21-,22-,23-,24-,25-,26-,27+,28-,29-,30-,31-,32-,33-,34-,35-,36-,37-,38-,39-,40-,41-,42-,43-,44-,45-/m1/s1. The first-order valence-corrected chi connectivity index (χ1v) is 23.7. The second kappa shape index (κ2) is 26.5. The number of benzene rings is 1. The van der Waals surface area contributed by atoms with E-state index in [1.807, 2.05) is 24.3 Å². The molecule has 0 aliphatic carbocycles. The lowest BCUT2D eigenvalue weighted by molar-refractivity contribution is -0.392. The van der Waals surface area contributed by atoms with E-state index in [1.54, 1.807) is 6.08 Å². The molecule has 5 heterocycles. The number of carbonyl (C=O) groups is 1. The Balaban J connectivity index is 1.04. The van der Waals surface area contributed by atoms with Gasteiger partial charge in [-0.1, -0.05) is 43.3 Å². The Labute approximate surface area is 413 Å². The average molecular weight is 1040 g/mol. The van der Waals surface area contributed by atoms with Crippen LogP contribution in [0.25, 0.3) is 6.08 Å². The quantitative estimate of drug-likeness (QED) is 0.0509. The molecule has 5 saturated heterocycles. The number of ether oxygens (including phenoxy) is 9. The zero-order valence-corrected chi connectivity index (χ0v) is 39.3. The summed E-state index contributed by atoms with van der Waals surface area (Å²) >= 11 is 0. The van der Waals surface area contributed by atoms with Crippen LogP contribution in [0.5, 0.6) is 0 Å². The Morgan fingerprint density at radius 2 is 0.847 bits per heavy atom. The van der Waals surface area contributed by atoms with E-state index in [-0.39, 0.29) is 6.54 Å². The molecule has 1 aromatic rings. The number of nitrogens with zero attached hydrogens (tertiary/aromatic N) is 1. The SMILES string of the molecule is C=Cc1ccc(CCCCCN(C(C)=O)[C@@H]2O[C@H](CO)[C@@H](O[C@H]3O[C@H](CO)[C@@H](O[C@H]4O[C@H](CO)[C@@H](O[C@H]5O[C@H](CO)[C@@H](O[C@H]6O[C@H](CO)[C@@H](O)[C@H](O)[C@H]6O)[C@H](O)[C@H]5O)[C@H](O)[C@H]4O)[C@H](O)[C@H]3O)[C@H](O)[C@H]2O)cc1.